The van der Waals surface area contributed by atoms with Gasteiger partial charge in [0.15, 0.2) is 5.78 Å². The van der Waals surface area contributed by atoms with Crippen LogP contribution < -0.4 is 15.5 Å². The molecule has 0 spiro atoms. The van der Waals surface area contributed by atoms with Gasteiger partial charge in [-0.25, -0.2) is 0 Å². The number of hydrogen-bond donors (Lipinski definition) is 2. The van der Waals surface area contributed by atoms with E-state index < -0.39 is 6.04 Å². The van der Waals surface area contributed by atoms with Gasteiger partial charge in [0.2, 0.25) is 5.91 Å². The van der Waals surface area contributed by atoms with Crippen LogP contribution in [0, 0.1) is 0 Å². The summed E-state index contributed by atoms with van der Waals surface area (Å²) in [6.45, 7) is 0.465. The minimum atomic E-state index is -0.479. The SMILES string of the molecule is O=C(CN1c2ccccc2NC2=C(C(=O)CCC2)[C@@H]1c1ccco1)NCc1cccnc1. The molecule has 1 aliphatic carbocycles. The number of amides is 1. The molecule has 0 radical (unpaired) electrons. The maximum Gasteiger partial charge on any atom is 0.239 e. The third kappa shape index (κ3) is 3.89. The maximum absolute atomic E-state index is 13.1. The average Bonchev–Trinajstić information content (AvgIpc) is 3.30. The number of rotatable bonds is 5. The number of furan rings is 1. The molecule has 2 aromatic heterocycles. The van der Waals surface area contributed by atoms with Crippen molar-refractivity contribution in [1.82, 2.24) is 10.3 Å². The molecule has 1 aliphatic heterocycles. The number of anilines is 2. The number of aromatic nitrogens is 1. The molecule has 3 aromatic rings. The molecule has 0 fully saturated rings. The van der Waals surface area contributed by atoms with Crippen molar-refractivity contribution in [1.29, 1.82) is 0 Å². The zero-order valence-corrected chi connectivity index (χ0v) is 17.6. The highest BCUT2D eigenvalue weighted by atomic mass is 16.3. The predicted octanol–water partition coefficient (Wildman–Crippen LogP) is 3.97. The van der Waals surface area contributed by atoms with E-state index in [1.807, 2.05) is 53.4 Å². The van der Waals surface area contributed by atoms with Gasteiger partial charge in [-0.2, -0.15) is 0 Å². The Morgan fingerprint density at radius 3 is 2.88 bits per heavy atom. The van der Waals surface area contributed by atoms with E-state index in [-0.39, 0.29) is 18.2 Å². The van der Waals surface area contributed by atoms with Gasteiger partial charge in [-0.3, -0.25) is 14.6 Å². The van der Waals surface area contributed by atoms with Crippen molar-refractivity contribution in [3.8, 4) is 0 Å². The minimum Gasteiger partial charge on any atom is -0.467 e. The van der Waals surface area contributed by atoms with Crippen LogP contribution in [0.5, 0.6) is 0 Å². The summed E-state index contributed by atoms with van der Waals surface area (Å²) in [5, 5.41) is 6.45. The van der Waals surface area contributed by atoms with Crippen molar-refractivity contribution in [2.45, 2.75) is 31.8 Å². The summed E-state index contributed by atoms with van der Waals surface area (Å²) >= 11 is 0. The van der Waals surface area contributed by atoms with Crippen LogP contribution in [0.4, 0.5) is 11.4 Å². The van der Waals surface area contributed by atoms with E-state index in [1.54, 1.807) is 18.7 Å². The van der Waals surface area contributed by atoms with Gasteiger partial charge in [0.1, 0.15) is 11.8 Å². The first-order chi connectivity index (χ1) is 15.7. The molecule has 5 rings (SSSR count). The van der Waals surface area contributed by atoms with E-state index in [0.29, 0.717) is 24.3 Å². The number of hydrogen-bond acceptors (Lipinski definition) is 6. The van der Waals surface area contributed by atoms with E-state index >= 15 is 0 Å². The Bertz CT molecular complexity index is 1150. The number of fused-ring (bicyclic) bond motifs is 1. The number of pyridine rings is 1. The van der Waals surface area contributed by atoms with Crippen LogP contribution in [-0.4, -0.2) is 23.2 Å². The molecular formula is C25H24N4O3. The second kappa shape index (κ2) is 8.70. The number of allylic oxidation sites excluding steroid dienone is 1. The number of ketones is 1. The van der Waals surface area contributed by atoms with Gasteiger partial charge in [0.25, 0.3) is 0 Å². The molecule has 0 unspecified atom stereocenters. The van der Waals surface area contributed by atoms with E-state index in [4.69, 9.17) is 4.42 Å². The summed E-state index contributed by atoms with van der Waals surface area (Å²) in [5.74, 6) is 0.590. The van der Waals surface area contributed by atoms with Gasteiger partial charge in [-0.05, 0) is 48.7 Å². The quantitative estimate of drug-likeness (QED) is 0.639. The van der Waals surface area contributed by atoms with Crippen molar-refractivity contribution in [3.63, 3.8) is 0 Å². The van der Waals surface area contributed by atoms with Gasteiger partial charge in [0.05, 0.1) is 24.2 Å². The van der Waals surface area contributed by atoms with E-state index in [9.17, 15) is 9.59 Å². The van der Waals surface area contributed by atoms with Crippen LogP contribution in [-0.2, 0) is 16.1 Å². The van der Waals surface area contributed by atoms with Crippen LogP contribution in [0.15, 0.2) is 82.9 Å². The Labute approximate surface area is 186 Å². The highest BCUT2D eigenvalue weighted by Gasteiger charge is 2.38. The van der Waals surface area contributed by atoms with Gasteiger partial charge < -0.3 is 20.0 Å². The van der Waals surface area contributed by atoms with Crippen molar-refractivity contribution < 1.29 is 14.0 Å². The van der Waals surface area contributed by atoms with Crippen LogP contribution >= 0.6 is 0 Å². The summed E-state index contributed by atoms with van der Waals surface area (Å²) in [7, 11) is 0. The lowest BCUT2D eigenvalue weighted by Gasteiger charge is -2.33. The summed E-state index contributed by atoms with van der Waals surface area (Å²) in [6, 6.07) is 14.8. The van der Waals surface area contributed by atoms with Gasteiger partial charge in [0, 0.05) is 36.6 Å². The van der Waals surface area contributed by atoms with Crippen LogP contribution in [0.2, 0.25) is 0 Å². The van der Waals surface area contributed by atoms with Crippen LogP contribution in [0.3, 0.4) is 0 Å². The Morgan fingerprint density at radius 2 is 2.06 bits per heavy atom. The summed E-state index contributed by atoms with van der Waals surface area (Å²) in [5.41, 5.74) is 4.25. The molecule has 1 amide bonds. The largest absolute Gasteiger partial charge is 0.467 e. The van der Waals surface area contributed by atoms with Gasteiger partial charge >= 0.3 is 0 Å². The molecule has 162 valence electrons. The van der Waals surface area contributed by atoms with Crippen LogP contribution in [0.25, 0.3) is 0 Å². The number of nitrogens with zero attached hydrogens (tertiary/aromatic N) is 2. The number of benzene rings is 1. The zero-order valence-electron chi connectivity index (χ0n) is 17.6. The van der Waals surface area contributed by atoms with Gasteiger partial charge in [-0.1, -0.05) is 18.2 Å². The molecule has 3 heterocycles. The standard InChI is InChI=1S/C25H24N4O3/c30-21-10-3-8-19-24(21)25(22-11-5-13-32-22)29(20-9-2-1-7-18(20)28-19)16-23(31)27-15-17-6-4-12-26-14-17/h1-2,4-7,9,11-14,25,28H,3,8,10,15-16H2,(H,27,31)/t25-/m0/s1. The highest BCUT2D eigenvalue weighted by molar-refractivity contribution is 6.01. The molecule has 1 aromatic carbocycles. The van der Waals surface area contributed by atoms with Crippen molar-refractivity contribution >= 4 is 23.1 Å². The summed E-state index contributed by atoms with van der Waals surface area (Å²) < 4.78 is 5.79. The maximum atomic E-state index is 13.1. The molecule has 0 bridgehead atoms. The lowest BCUT2D eigenvalue weighted by molar-refractivity contribution is -0.120. The number of para-hydroxylation sites is 2. The first kappa shape index (κ1) is 20.1. The van der Waals surface area contributed by atoms with Crippen molar-refractivity contribution in [2.75, 3.05) is 16.8 Å². The number of Topliss-reactive ketones (excluding diaryl/α,β-unsaturated/α-hetero) is 1. The molecule has 2 N–H and O–H groups in total. The summed E-state index contributed by atoms with van der Waals surface area (Å²) in [4.78, 5) is 32.2. The van der Waals surface area contributed by atoms with Crippen molar-refractivity contribution in [3.05, 3.63) is 89.8 Å². The second-order valence-electron chi connectivity index (χ2n) is 7.99. The van der Waals surface area contributed by atoms with E-state index in [0.717, 1.165) is 35.5 Å². The molecule has 0 saturated heterocycles. The van der Waals surface area contributed by atoms with E-state index in [1.165, 1.54) is 0 Å². The molecule has 0 saturated carbocycles. The Kier molecular flexibility index (Phi) is 5.46. The number of carbonyl (C=O) groups excluding carboxylic acids is 2. The fraction of sp³-hybridized carbons (Fsp3) is 0.240. The molecule has 7 heteroatoms. The first-order valence-corrected chi connectivity index (χ1v) is 10.8. The number of carbonyl (C=O) groups is 2. The summed E-state index contributed by atoms with van der Waals surface area (Å²) in [6.07, 6.45) is 7.13. The normalized spacial score (nSPS) is 17.8. The number of nitrogens with one attached hydrogen (secondary N) is 2. The molecular weight excluding hydrogens is 404 g/mol. The highest BCUT2D eigenvalue weighted by Crippen LogP contribution is 2.44. The first-order valence-electron chi connectivity index (χ1n) is 10.8. The van der Waals surface area contributed by atoms with Crippen molar-refractivity contribution in [2.24, 2.45) is 0 Å². The lowest BCUT2D eigenvalue weighted by atomic mass is 9.88. The molecule has 2 aliphatic rings. The Hall–Kier alpha value is -3.87. The lowest BCUT2D eigenvalue weighted by Crippen LogP contribution is -2.41. The Morgan fingerprint density at radius 1 is 1.16 bits per heavy atom. The van der Waals surface area contributed by atoms with Crippen LogP contribution in [0.1, 0.15) is 36.6 Å². The molecule has 1 atom stereocenters. The molecule has 7 nitrogen and oxygen atoms in total. The predicted molar refractivity (Wildman–Crippen MR) is 121 cm³/mol. The minimum absolute atomic E-state index is 0.0778. The third-order valence-electron chi connectivity index (χ3n) is 5.88. The fourth-order valence-electron chi connectivity index (χ4n) is 4.43. The smallest absolute Gasteiger partial charge is 0.239 e. The van der Waals surface area contributed by atoms with Gasteiger partial charge in [-0.15, -0.1) is 0 Å². The second-order valence-corrected chi connectivity index (χ2v) is 7.99. The monoisotopic (exact) mass is 428 g/mol. The third-order valence-corrected chi connectivity index (χ3v) is 5.88. The average molecular weight is 428 g/mol. The zero-order chi connectivity index (χ0) is 21.9. The Balaban J connectivity index is 1.52. The molecule has 32 heavy (non-hydrogen) atoms. The fourth-order valence-corrected chi connectivity index (χ4v) is 4.43. The topological polar surface area (TPSA) is 87.5 Å². The van der Waals surface area contributed by atoms with E-state index in [2.05, 4.69) is 15.6 Å².